The predicted octanol–water partition coefficient (Wildman–Crippen LogP) is 1.26. The molecule has 1 aromatic rings. The van der Waals surface area contributed by atoms with Crippen molar-refractivity contribution >= 4 is 0 Å². The van der Waals surface area contributed by atoms with Crippen molar-refractivity contribution in [2.45, 2.75) is 64.4 Å². The molecule has 2 fully saturated rings. The number of aryl methyl sites for hydroxylation is 1. The molecular weight excluding hydrogens is 294 g/mol. The molecule has 3 unspecified atom stereocenters. The van der Waals surface area contributed by atoms with Crippen LogP contribution in [-0.4, -0.2) is 64.9 Å². The van der Waals surface area contributed by atoms with Crippen molar-refractivity contribution in [2.24, 2.45) is 0 Å². The molecule has 1 aliphatic heterocycles. The van der Waals surface area contributed by atoms with Crippen LogP contribution < -0.4 is 0 Å². The lowest BCUT2D eigenvalue weighted by Crippen LogP contribution is -2.54. The highest BCUT2D eigenvalue weighted by Crippen LogP contribution is 2.31. The lowest BCUT2D eigenvalue weighted by molar-refractivity contribution is -0.116. The van der Waals surface area contributed by atoms with Gasteiger partial charge in [0, 0.05) is 37.5 Å². The number of nitrogens with zero attached hydrogens (tertiary/aromatic N) is 3. The number of aromatic nitrogens is 2. The molecule has 2 aliphatic rings. The monoisotopic (exact) mass is 323 g/mol. The highest BCUT2D eigenvalue weighted by Gasteiger charge is 2.38. The minimum atomic E-state index is 0.124. The maximum atomic E-state index is 9.17. The standard InChI is InChI=1S/C17H29N3O3/c1-12-15(13(2)20(18-12)6-8-21)11-19-7-9-23-17-5-4-14(22-3)10-16(17)19/h14,16-17,21H,4-11H2,1-3H3. The van der Waals surface area contributed by atoms with Gasteiger partial charge in [-0.15, -0.1) is 0 Å². The first kappa shape index (κ1) is 16.9. The number of morpholine rings is 1. The maximum Gasteiger partial charge on any atom is 0.0732 e. The van der Waals surface area contributed by atoms with Crippen LogP contribution in [-0.2, 0) is 22.6 Å². The summed E-state index contributed by atoms with van der Waals surface area (Å²) in [5.41, 5.74) is 3.52. The van der Waals surface area contributed by atoms with E-state index in [1.165, 1.54) is 11.3 Å². The van der Waals surface area contributed by atoms with E-state index in [4.69, 9.17) is 9.47 Å². The lowest BCUT2D eigenvalue weighted by Gasteiger charge is -2.45. The van der Waals surface area contributed by atoms with E-state index in [9.17, 15) is 5.11 Å². The number of ether oxygens (including phenoxy) is 2. The molecule has 1 aromatic heterocycles. The molecule has 0 amide bonds. The Labute approximate surface area is 138 Å². The summed E-state index contributed by atoms with van der Waals surface area (Å²) in [6.45, 7) is 7.52. The minimum Gasteiger partial charge on any atom is -0.394 e. The topological polar surface area (TPSA) is 59.8 Å². The third-order valence-corrected chi connectivity index (χ3v) is 5.42. The highest BCUT2D eigenvalue weighted by molar-refractivity contribution is 5.24. The van der Waals surface area contributed by atoms with Gasteiger partial charge in [0.15, 0.2) is 0 Å². The zero-order chi connectivity index (χ0) is 16.4. The van der Waals surface area contributed by atoms with Gasteiger partial charge >= 0.3 is 0 Å². The second-order valence-electron chi connectivity index (χ2n) is 6.71. The van der Waals surface area contributed by atoms with Crippen LogP contribution in [0.25, 0.3) is 0 Å². The zero-order valence-corrected chi connectivity index (χ0v) is 14.5. The molecular formula is C17H29N3O3. The Bertz CT molecular complexity index is 531. The Morgan fingerprint density at radius 1 is 1.35 bits per heavy atom. The molecule has 2 heterocycles. The fourth-order valence-corrected chi connectivity index (χ4v) is 4.04. The number of aliphatic hydroxyl groups excluding tert-OH is 1. The van der Waals surface area contributed by atoms with Crippen LogP contribution in [0.3, 0.4) is 0 Å². The first-order valence-corrected chi connectivity index (χ1v) is 8.66. The van der Waals surface area contributed by atoms with Gasteiger partial charge in [0.1, 0.15) is 0 Å². The molecule has 0 radical (unpaired) electrons. The molecule has 0 bridgehead atoms. The summed E-state index contributed by atoms with van der Waals surface area (Å²) >= 11 is 0. The second kappa shape index (κ2) is 7.30. The normalized spacial score (nSPS) is 28.8. The zero-order valence-electron chi connectivity index (χ0n) is 14.5. The number of fused-ring (bicyclic) bond motifs is 1. The third-order valence-electron chi connectivity index (χ3n) is 5.42. The Kier molecular flexibility index (Phi) is 5.36. The summed E-state index contributed by atoms with van der Waals surface area (Å²) in [5, 5.41) is 13.7. The Hall–Kier alpha value is -0.950. The summed E-state index contributed by atoms with van der Waals surface area (Å²) in [5.74, 6) is 0. The van der Waals surface area contributed by atoms with Crippen molar-refractivity contribution in [1.82, 2.24) is 14.7 Å². The smallest absolute Gasteiger partial charge is 0.0732 e. The summed E-state index contributed by atoms with van der Waals surface area (Å²) in [6, 6.07) is 0.433. The summed E-state index contributed by atoms with van der Waals surface area (Å²) in [7, 11) is 1.81. The van der Waals surface area contributed by atoms with Gasteiger partial charge in [0.2, 0.25) is 0 Å². The maximum absolute atomic E-state index is 9.17. The van der Waals surface area contributed by atoms with E-state index in [1.54, 1.807) is 0 Å². The quantitative estimate of drug-likeness (QED) is 0.884. The van der Waals surface area contributed by atoms with Crippen molar-refractivity contribution in [1.29, 1.82) is 0 Å². The summed E-state index contributed by atoms with van der Waals surface area (Å²) in [4.78, 5) is 2.54. The third kappa shape index (κ3) is 3.45. The van der Waals surface area contributed by atoms with Crippen LogP contribution in [0.2, 0.25) is 0 Å². The number of hydrogen-bond donors (Lipinski definition) is 1. The Morgan fingerprint density at radius 3 is 2.91 bits per heavy atom. The molecule has 3 rings (SSSR count). The lowest BCUT2D eigenvalue weighted by atomic mass is 9.87. The van der Waals surface area contributed by atoms with Gasteiger partial charge in [-0.1, -0.05) is 0 Å². The van der Waals surface area contributed by atoms with Gasteiger partial charge in [0.25, 0.3) is 0 Å². The SMILES string of the molecule is COC1CCC2OCCN(Cc3c(C)nn(CCO)c3C)C2C1. The van der Waals surface area contributed by atoms with Crippen LogP contribution in [0.1, 0.15) is 36.2 Å². The van der Waals surface area contributed by atoms with Crippen molar-refractivity contribution in [2.75, 3.05) is 26.9 Å². The molecule has 23 heavy (non-hydrogen) atoms. The van der Waals surface area contributed by atoms with E-state index < -0.39 is 0 Å². The van der Waals surface area contributed by atoms with Gasteiger partial charge in [-0.3, -0.25) is 9.58 Å². The molecule has 1 N–H and O–H groups in total. The van der Waals surface area contributed by atoms with Crippen molar-refractivity contribution in [3.05, 3.63) is 17.0 Å². The summed E-state index contributed by atoms with van der Waals surface area (Å²) < 4.78 is 13.5. The molecule has 3 atom stereocenters. The van der Waals surface area contributed by atoms with E-state index in [-0.39, 0.29) is 6.61 Å². The highest BCUT2D eigenvalue weighted by atomic mass is 16.5. The largest absolute Gasteiger partial charge is 0.394 e. The van der Waals surface area contributed by atoms with Crippen molar-refractivity contribution in [3.8, 4) is 0 Å². The first-order valence-electron chi connectivity index (χ1n) is 8.66. The number of rotatable bonds is 5. The van der Waals surface area contributed by atoms with Crippen LogP contribution in [0, 0.1) is 13.8 Å². The van der Waals surface area contributed by atoms with Gasteiger partial charge in [-0.25, -0.2) is 0 Å². The molecule has 6 heteroatoms. The van der Waals surface area contributed by atoms with Gasteiger partial charge < -0.3 is 14.6 Å². The van der Waals surface area contributed by atoms with Crippen LogP contribution in [0.15, 0.2) is 0 Å². The van der Waals surface area contributed by atoms with Crippen LogP contribution >= 0.6 is 0 Å². The average Bonchev–Trinajstić information content (AvgIpc) is 2.82. The van der Waals surface area contributed by atoms with Gasteiger partial charge in [0.05, 0.1) is 37.7 Å². The summed E-state index contributed by atoms with van der Waals surface area (Å²) in [6.07, 6.45) is 3.91. The molecule has 1 saturated carbocycles. The van der Waals surface area contributed by atoms with Gasteiger partial charge in [-0.05, 0) is 33.1 Å². The number of hydrogen-bond acceptors (Lipinski definition) is 5. The molecule has 6 nitrogen and oxygen atoms in total. The minimum absolute atomic E-state index is 0.124. The van der Waals surface area contributed by atoms with E-state index in [0.29, 0.717) is 24.8 Å². The second-order valence-corrected chi connectivity index (χ2v) is 6.71. The van der Waals surface area contributed by atoms with E-state index in [0.717, 1.165) is 44.7 Å². The molecule has 1 aliphatic carbocycles. The fourth-order valence-electron chi connectivity index (χ4n) is 4.04. The molecule has 1 saturated heterocycles. The fraction of sp³-hybridized carbons (Fsp3) is 0.824. The average molecular weight is 323 g/mol. The first-order chi connectivity index (χ1) is 11.1. The van der Waals surface area contributed by atoms with Crippen LogP contribution in [0.5, 0.6) is 0 Å². The van der Waals surface area contributed by atoms with Crippen molar-refractivity contribution < 1.29 is 14.6 Å². The van der Waals surface area contributed by atoms with Gasteiger partial charge in [-0.2, -0.15) is 5.10 Å². The molecule has 130 valence electrons. The van der Waals surface area contributed by atoms with E-state index in [1.807, 2.05) is 11.8 Å². The Morgan fingerprint density at radius 2 is 2.17 bits per heavy atom. The van der Waals surface area contributed by atoms with Crippen LogP contribution in [0.4, 0.5) is 0 Å². The number of aliphatic hydroxyl groups is 1. The van der Waals surface area contributed by atoms with E-state index >= 15 is 0 Å². The molecule has 0 aromatic carbocycles. The van der Waals surface area contributed by atoms with Crippen molar-refractivity contribution in [3.63, 3.8) is 0 Å². The predicted molar refractivity (Wildman–Crippen MR) is 87.4 cm³/mol. The molecule has 0 spiro atoms. The number of methoxy groups -OCH3 is 1. The van der Waals surface area contributed by atoms with E-state index in [2.05, 4.69) is 23.8 Å². The Balaban J connectivity index is 1.76.